The standard InChI is InChI=1S/C11H17N3OS/c1-8-6-13(3)4-5-14(8)11-12-10(7-16-11)9(2)15/h7-8H,4-6H2,1-3H3. The fraction of sp³-hybridized carbons (Fsp3) is 0.636. The lowest BCUT2D eigenvalue weighted by molar-refractivity contribution is 0.101. The lowest BCUT2D eigenvalue weighted by Crippen LogP contribution is -2.50. The summed E-state index contributed by atoms with van der Waals surface area (Å²) >= 11 is 1.56. The predicted molar refractivity (Wildman–Crippen MR) is 66.4 cm³/mol. The van der Waals surface area contributed by atoms with Gasteiger partial charge in [-0.3, -0.25) is 4.79 Å². The minimum atomic E-state index is 0.0456. The number of hydrogen-bond acceptors (Lipinski definition) is 5. The van der Waals surface area contributed by atoms with Gasteiger partial charge in [-0.1, -0.05) is 0 Å². The highest BCUT2D eigenvalue weighted by Crippen LogP contribution is 2.24. The Kier molecular flexibility index (Phi) is 3.25. The van der Waals surface area contributed by atoms with Crippen LogP contribution in [0, 0.1) is 0 Å². The molecule has 0 spiro atoms. The summed E-state index contributed by atoms with van der Waals surface area (Å²) < 4.78 is 0. The SMILES string of the molecule is CC(=O)c1csc(N2CCN(C)CC2C)n1. The fourth-order valence-corrected chi connectivity index (χ4v) is 2.98. The Balaban J connectivity index is 2.14. The first-order valence-electron chi connectivity index (χ1n) is 5.49. The number of ketones is 1. The molecular formula is C11H17N3OS. The molecule has 2 heterocycles. The fourth-order valence-electron chi connectivity index (χ4n) is 1.98. The van der Waals surface area contributed by atoms with Crippen molar-refractivity contribution in [1.29, 1.82) is 0 Å². The van der Waals surface area contributed by atoms with Crippen molar-refractivity contribution in [3.63, 3.8) is 0 Å². The summed E-state index contributed by atoms with van der Waals surface area (Å²) in [7, 11) is 2.14. The number of carbonyl (C=O) groups excluding carboxylic acids is 1. The Bertz CT molecular complexity index is 390. The van der Waals surface area contributed by atoms with Crippen molar-refractivity contribution in [3.8, 4) is 0 Å². The number of hydrogen-bond donors (Lipinski definition) is 0. The third-order valence-corrected chi connectivity index (χ3v) is 3.81. The van der Waals surface area contributed by atoms with Crippen LogP contribution in [0.5, 0.6) is 0 Å². The summed E-state index contributed by atoms with van der Waals surface area (Å²) in [6.07, 6.45) is 0. The highest BCUT2D eigenvalue weighted by molar-refractivity contribution is 7.13. The van der Waals surface area contributed by atoms with Gasteiger partial charge in [-0.05, 0) is 14.0 Å². The van der Waals surface area contributed by atoms with Crippen molar-refractivity contribution in [2.75, 3.05) is 31.6 Å². The second kappa shape index (κ2) is 4.51. The number of nitrogens with zero attached hydrogens (tertiary/aromatic N) is 3. The van der Waals surface area contributed by atoms with Gasteiger partial charge in [0, 0.05) is 38.0 Å². The number of carbonyl (C=O) groups is 1. The molecule has 0 aliphatic carbocycles. The summed E-state index contributed by atoms with van der Waals surface area (Å²) in [6.45, 7) is 6.85. The van der Waals surface area contributed by atoms with Crippen molar-refractivity contribution in [1.82, 2.24) is 9.88 Å². The number of Topliss-reactive ketones (excluding diaryl/α,β-unsaturated/α-hetero) is 1. The van der Waals surface area contributed by atoms with E-state index in [4.69, 9.17) is 0 Å². The van der Waals surface area contributed by atoms with Crippen molar-refractivity contribution in [2.24, 2.45) is 0 Å². The van der Waals surface area contributed by atoms with Crippen LogP contribution in [-0.2, 0) is 0 Å². The van der Waals surface area contributed by atoms with Gasteiger partial charge in [-0.2, -0.15) is 0 Å². The van der Waals surface area contributed by atoms with Crippen LogP contribution in [0.15, 0.2) is 5.38 Å². The van der Waals surface area contributed by atoms with Gasteiger partial charge in [0.15, 0.2) is 10.9 Å². The molecule has 1 aliphatic rings. The van der Waals surface area contributed by atoms with E-state index in [-0.39, 0.29) is 5.78 Å². The summed E-state index contributed by atoms with van der Waals surface area (Å²) in [5.74, 6) is 0.0456. The Morgan fingerprint density at radius 3 is 2.88 bits per heavy atom. The normalized spacial score (nSPS) is 22.4. The molecule has 1 fully saturated rings. The predicted octanol–water partition coefficient (Wildman–Crippen LogP) is 1.49. The first-order chi connectivity index (χ1) is 7.58. The van der Waals surface area contributed by atoms with E-state index in [2.05, 4.69) is 28.8 Å². The van der Waals surface area contributed by atoms with Crippen LogP contribution in [0.2, 0.25) is 0 Å². The second-order valence-electron chi connectivity index (χ2n) is 4.38. The van der Waals surface area contributed by atoms with Crippen molar-refractivity contribution in [3.05, 3.63) is 11.1 Å². The zero-order chi connectivity index (χ0) is 11.7. The maximum absolute atomic E-state index is 11.2. The largest absolute Gasteiger partial charge is 0.343 e. The van der Waals surface area contributed by atoms with Gasteiger partial charge in [0.25, 0.3) is 0 Å². The quantitative estimate of drug-likeness (QED) is 0.733. The zero-order valence-electron chi connectivity index (χ0n) is 9.93. The highest BCUT2D eigenvalue weighted by Gasteiger charge is 2.24. The van der Waals surface area contributed by atoms with Crippen molar-refractivity contribution < 1.29 is 4.79 Å². The molecular weight excluding hydrogens is 222 g/mol. The molecule has 0 radical (unpaired) electrons. The molecule has 16 heavy (non-hydrogen) atoms. The molecule has 1 aliphatic heterocycles. The number of rotatable bonds is 2. The molecule has 1 atom stereocenters. The maximum atomic E-state index is 11.2. The Hall–Kier alpha value is -0.940. The van der Waals surface area contributed by atoms with E-state index in [0.717, 1.165) is 24.8 Å². The van der Waals surface area contributed by atoms with E-state index in [0.29, 0.717) is 11.7 Å². The summed E-state index contributed by atoms with van der Waals surface area (Å²) in [5.41, 5.74) is 0.589. The number of anilines is 1. The molecule has 1 aromatic heterocycles. The van der Waals surface area contributed by atoms with E-state index in [9.17, 15) is 4.79 Å². The summed E-state index contributed by atoms with van der Waals surface area (Å²) in [5, 5.41) is 2.83. The minimum Gasteiger partial charge on any atom is -0.343 e. The van der Waals surface area contributed by atoms with Crippen LogP contribution in [0.1, 0.15) is 24.3 Å². The first-order valence-corrected chi connectivity index (χ1v) is 6.37. The van der Waals surface area contributed by atoms with Crippen molar-refractivity contribution >= 4 is 22.3 Å². The van der Waals surface area contributed by atoms with Gasteiger partial charge in [0.2, 0.25) is 0 Å². The van der Waals surface area contributed by atoms with Crippen LogP contribution in [-0.4, -0.2) is 48.4 Å². The molecule has 1 unspecified atom stereocenters. The van der Waals surface area contributed by atoms with Gasteiger partial charge in [0.05, 0.1) is 0 Å². The second-order valence-corrected chi connectivity index (χ2v) is 5.21. The Morgan fingerprint density at radius 2 is 2.31 bits per heavy atom. The number of piperazine rings is 1. The van der Waals surface area contributed by atoms with Crippen LogP contribution in [0.3, 0.4) is 0 Å². The number of thiazole rings is 1. The molecule has 0 bridgehead atoms. The highest BCUT2D eigenvalue weighted by atomic mass is 32.1. The third-order valence-electron chi connectivity index (χ3n) is 2.93. The van der Waals surface area contributed by atoms with Gasteiger partial charge in [0.1, 0.15) is 5.69 Å². The van der Waals surface area contributed by atoms with Crippen LogP contribution in [0.4, 0.5) is 5.13 Å². The molecule has 4 nitrogen and oxygen atoms in total. The number of likely N-dealkylation sites (N-methyl/N-ethyl adjacent to an activating group) is 1. The summed E-state index contributed by atoms with van der Waals surface area (Å²) in [6, 6.07) is 0.463. The Morgan fingerprint density at radius 1 is 1.56 bits per heavy atom. The van der Waals surface area contributed by atoms with Gasteiger partial charge >= 0.3 is 0 Å². The molecule has 1 saturated heterocycles. The lowest BCUT2D eigenvalue weighted by Gasteiger charge is -2.38. The smallest absolute Gasteiger partial charge is 0.186 e. The Labute approximate surface area is 99.9 Å². The molecule has 5 heteroatoms. The van der Waals surface area contributed by atoms with Gasteiger partial charge in [-0.25, -0.2) is 4.98 Å². The van der Waals surface area contributed by atoms with Gasteiger partial charge < -0.3 is 9.80 Å². The third kappa shape index (κ3) is 2.25. The lowest BCUT2D eigenvalue weighted by atomic mass is 10.2. The average molecular weight is 239 g/mol. The van der Waals surface area contributed by atoms with E-state index in [1.807, 2.05) is 5.38 Å². The molecule has 2 rings (SSSR count). The van der Waals surface area contributed by atoms with Crippen molar-refractivity contribution in [2.45, 2.75) is 19.9 Å². The van der Waals surface area contributed by atoms with E-state index in [1.54, 1.807) is 18.3 Å². The molecule has 1 aromatic rings. The average Bonchev–Trinajstić information content (AvgIpc) is 2.66. The minimum absolute atomic E-state index is 0.0456. The van der Waals surface area contributed by atoms with Crippen LogP contribution in [0.25, 0.3) is 0 Å². The number of aromatic nitrogens is 1. The van der Waals surface area contributed by atoms with E-state index < -0.39 is 0 Å². The molecule has 0 N–H and O–H groups in total. The topological polar surface area (TPSA) is 36.4 Å². The monoisotopic (exact) mass is 239 g/mol. The maximum Gasteiger partial charge on any atom is 0.186 e. The van der Waals surface area contributed by atoms with Crippen LogP contribution < -0.4 is 4.90 Å². The van der Waals surface area contributed by atoms with Crippen LogP contribution >= 0.6 is 11.3 Å². The summed E-state index contributed by atoms with van der Waals surface area (Å²) in [4.78, 5) is 20.2. The molecule has 88 valence electrons. The molecule has 0 aromatic carbocycles. The van der Waals surface area contributed by atoms with Gasteiger partial charge in [-0.15, -0.1) is 11.3 Å². The first kappa shape index (κ1) is 11.5. The zero-order valence-corrected chi connectivity index (χ0v) is 10.8. The van der Waals surface area contributed by atoms with E-state index >= 15 is 0 Å². The molecule has 0 saturated carbocycles. The van der Waals surface area contributed by atoms with E-state index in [1.165, 1.54) is 0 Å². The molecule has 0 amide bonds.